The molecular weight excluding hydrogens is 830 g/mol. The van der Waals surface area contributed by atoms with Crippen LogP contribution < -0.4 is 21.3 Å². The fraction of sp³-hybridized carbons (Fsp3) is 0.571. The number of hydrogen-bond acceptors (Lipinski definition) is 13. The zero-order valence-electron chi connectivity index (χ0n) is 35.2. The molecule has 1 aromatic carbocycles. The van der Waals surface area contributed by atoms with E-state index >= 15 is 0 Å². The van der Waals surface area contributed by atoms with Crippen LogP contribution in [0.2, 0.25) is 0 Å². The molecule has 3 fully saturated rings. The molecule has 2 aromatic heterocycles. The van der Waals surface area contributed by atoms with E-state index in [2.05, 4.69) is 41.1 Å². The predicted molar refractivity (Wildman–Crippen MR) is 222 cm³/mol. The molecule has 0 unspecified atom stereocenters. The zero-order valence-corrected chi connectivity index (χ0v) is 35.2. The third-order valence-corrected chi connectivity index (χ3v) is 11.3. The van der Waals surface area contributed by atoms with Crippen LogP contribution in [0.3, 0.4) is 0 Å². The Kier molecular flexibility index (Phi) is 16.9. The highest BCUT2D eigenvalue weighted by Gasteiger charge is 2.43. The molecule has 6 rings (SSSR count). The minimum Gasteiger partial charge on any atom is -0.379 e. The van der Waals surface area contributed by atoms with E-state index < -0.39 is 23.7 Å². The van der Waals surface area contributed by atoms with E-state index in [1.165, 1.54) is 12.4 Å². The number of carbonyl (C=O) groups is 5. The first-order valence-corrected chi connectivity index (χ1v) is 21.2. The first-order chi connectivity index (χ1) is 30.4. The number of alkyl halides is 3. The highest BCUT2D eigenvalue weighted by atomic mass is 19.4. The van der Waals surface area contributed by atoms with E-state index in [-0.39, 0.29) is 98.6 Å². The van der Waals surface area contributed by atoms with Crippen molar-refractivity contribution in [1.82, 2.24) is 45.6 Å². The quantitative estimate of drug-likeness (QED) is 0.0998. The zero-order chi connectivity index (χ0) is 44.8. The Balaban J connectivity index is 0.755. The van der Waals surface area contributed by atoms with Crippen molar-refractivity contribution < 1.29 is 51.4 Å². The lowest BCUT2D eigenvalue weighted by Gasteiger charge is -2.24. The molecule has 5 amide bonds. The minimum absolute atomic E-state index is 0.0718. The molecule has 342 valence electrons. The maximum atomic E-state index is 13.3. The van der Waals surface area contributed by atoms with E-state index in [1.54, 1.807) is 35.3 Å². The Morgan fingerprint density at radius 1 is 0.857 bits per heavy atom. The van der Waals surface area contributed by atoms with Crippen LogP contribution in [0.1, 0.15) is 49.3 Å². The van der Waals surface area contributed by atoms with Gasteiger partial charge in [-0.2, -0.15) is 13.2 Å². The molecule has 0 saturated carbocycles. The normalized spacial score (nSPS) is 20.4. The summed E-state index contributed by atoms with van der Waals surface area (Å²) < 4.78 is 56.7. The lowest BCUT2D eigenvalue weighted by Crippen LogP contribution is -2.45. The Labute approximate surface area is 363 Å². The Morgan fingerprint density at radius 3 is 2.38 bits per heavy atom. The smallest absolute Gasteiger partial charge is 0.379 e. The second-order valence-corrected chi connectivity index (χ2v) is 15.5. The maximum absolute atomic E-state index is 13.3. The number of likely N-dealkylation sites (tertiary alicyclic amines) is 3. The fourth-order valence-corrected chi connectivity index (χ4v) is 8.04. The molecule has 3 aliphatic heterocycles. The Morgan fingerprint density at radius 2 is 1.62 bits per heavy atom. The third-order valence-electron chi connectivity index (χ3n) is 11.3. The van der Waals surface area contributed by atoms with Gasteiger partial charge in [0.2, 0.25) is 29.5 Å². The number of amides is 5. The lowest BCUT2D eigenvalue weighted by molar-refractivity contribution is -0.137. The standard InChI is InChI=1S/C42H55F3N10O8/c1-53-36(57)25-31(37(53)28-4-2-10-46-26-28)39(58)48-12-19-62-21-17-54-14-3-5-34(54)40(59)49-13-20-63-23-22-61-18-9-35(56)47-11-16-55-15-8-33(41(55)60)52-38-30-24-29(42(43,44)45)6-7-32(30)50-27-51-38/h2,4,6-7,10,24,26-27,31,33-34,37H,3,5,8-9,11-23,25H2,1H3,(H,47,56)(H,48,58)(H,49,59)(H,50,51,52)/t31-,33-,34-,37+/m0/s1. The molecular formula is C42H55F3N10O8. The molecule has 3 saturated heterocycles. The molecule has 5 heterocycles. The first-order valence-electron chi connectivity index (χ1n) is 21.2. The lowest BCUT2D eigenvalue weighted by atomic mass is 9.94. The number of hydrogen-bond donors (Lipinski definition) is 4. The van der Waals surface area contributed by atoms with Gasteiger partial charge in [0, 0.05) is 76.9 Å². The van der Waals surface area contributed by atoms with Crippen molar-refractivity contribution in [2.45, 2.75) is 56.4 Å². The van der Waals surface area contributed by atoms with Gasteiger partial charge in [-0.05, 0) is 55.6 Å². The van der Waals surface area contributed by atoms with E-state index in [0.717, 1.165) is 37.1 Å². The second kappa shape index (κ2) is 22.7. The number of aromatic nitrogens is 3. The van der Waals surface area contributed by atoms with Crippen LogP contribution >= 0.6 is 0 Å². The van der Waals surface area contributed by atoms with E-state index in [0.29, 0.717) is 57.9 Å². The Hall–Kier alpha value is -5.51. The summed E-state index contributed by atoms with van der Waals surface area (Å²) in [5.41, 5.74) is 0.301. The maximum Gasteiger partial charge on any atom is 0.416 e. The molecule has 4 atom stereocenters. The van der Waals surface area contributed by atoms with Crippen molar-refractivity contribution in [2.75, 3.05) is 97.8 Å². The molecule has 0 aliphatic carbocycles. The molecule has 18 nitrogen and oxygen atoms in total. The number of ether oxygens (including phenoxy) is 3. The van der Waals surface area contributed by atoms with Crippen LogP contribution in [-0.4, -0.2) is 164 Å². The second-order valence-electron chi connectivity index (χ2n) is 15.5. The van der Waals surface area contributed by atoms with Crippen molar-refractivity contribution in [3.63, 3.8) is 0 Å². The van der Waals surface area contributed by atoms with Crippen LogP contribution in [-0.2, 0) is 44.4 Å². The van der Waals surface area contributed by atoms with Crippen LogP contribution in [0.4, 0.5) is 19.0 Å². The number of carbonyl (C=O) groups excluding carboxylic acids is 5. The SMILES string of the molecule is CN1C(=O)C[C@H](C(=O)NCCOCCN2CCC[C@H]2C(=O)NCCOCCOCCC(=O)NCCN2CC[C@H](Nc3ncnc4ccc(C(F)(F)F)cc34)C2=O)[C@H]1c1cccnc1. The number of anilines is 1. The van der Waals surface area contributed by atoms with Gasteiger partial charge in [0.1, 0.15) is 18.2 Å². The van der Waals surface area contributed by atoms with Crippen LogP contribution in [0, 0.1) is 5.92 Å². The summed E-state index contributed by atoms with van der Waals surface area (Å²) in [4.78, 5) is 81.0. The third kappa shape index (κ3) is 13.0. The number of nitrogens with one attached hydrogen (secondary N) is 4. The first kappa shape index (κ1) is 47.0. The van der Waals surface area contributed by atoms with Crippen molar-refractivity contribution in [3.05, 3.63) is 60.2 Å². The summed E-state index contributed by atoms with van der Waals surface area (Å²) in [5.74, 6) is -1.21. The van der Waals surface area contributed by atoms with Crippen molar-refractivity contribution in [3.8, 4) is 0 Å². The summed E-state index contributed by atoms with van der Waals surface area (Å²) >= 11 is 0. The van der Waals surface area contributed by atoms with Gasteiger partial charge in [-0.3, -0.25) is 33.9 Å². The molecule has 0 bridgehead atoms. The number of pyridine rings is 1. The van der Waals surface area contributed by atoms with Gasteiger partial charge in [-0.25, -0.2) is 9.97 Å². The van der Waals surface area contributed by atoms with Crippen molar-refractivity contribution in [1.29, 1.82) is 0 Å². The molecule has 21 heteroatoms. The van der Waals surface area contributed by atoms with Crippen LogP contribution in [0.25, 0.3) is 10.9 Å². The summed E-state index contributed by atoms with van der Waals surface area (Å²) in [6.45, 7) is 4.63. The van der Waals surface area contributed by atoms with Crippen molar-refractivity contribution in [2.24, 2.45) is 5.92 Å². The molecule has 63 heavy (non-hydrogen) atoms. The number of halogens is 3. The number of fused-ring (bicyclic) bond motifs is 1. The Bertz CT molecular complexity index is 2030. The van der Waals surface area contributed by atoms with E-state index in [4.69, 9.17) is 14.2 Å². The van der Waals surface area contributed by atoms with E-state index in [9.17, 15) is 37.1 Å². The van der Waals surface area contributed by atoms with Crippen molar-refractivity contribution >= 4 is 46.3 Å². The molecule has 3 aromatic rings. The fourth-order valence-electron chi connectivity index (χ4n) is 8.04. The topological polar surface area (TPSA) is 210 Å². The number of nitrogens with zero attached hydrogens (tertiary/aromatic N) is 6. The van der Waals surface area contributed by atoms with E-state index in [1.807, 2.05) is 6.07 Å². The van der Waals surface area contributed by atoms with Gasteiger partial charge in [0.15, 0.2) is 0 Å². The number of benzene rings is 1. The highest BCUT2D eigenvalue weighted by molar-refractivity contribution is 5.93. The van der Waals surface area contributed by atoms with Gasteiger partial charge in [0.05, 0.1) is 68.7 Å². The van der Waals surface area contributed by atoms with Gasteiger partial charge in [-0.1, -0.05) is 6.07 Å². The predicted octanol–water partition coefficient (Wildman–Crippen LogP) is 1.53. The van der Waals surface area contributed by atoms with Gasteiger partial charge < -0.3 is 45.3 Å². The monoisotopic (exact) mass is 884 g/mol. The average Bonchev–Trinajstić information content (AvgIpc) is 3.97. The molecule has 0 spiro atoms. The largest absolute Gasteiger partial charge is 0.416 e. The molecule has 4 N–H and O–H groups in total. The minimum atomic E-state index is -4.53. The number of rotatable bonds is 23. The molecule has 0 radical (unpaired) electrons. The summed E-state index contributed by atoms with van der Waals surface area (Å²) in [6.07, 6.45) is 2.34. The van der Waals surface area contributed by atoms with Gasteiger partial charge >= 0.3 is 6.18 Å². The van der Waals surface area contributed by atoms with Gasteiger partial charge in [0.25, 0.3) is 0 Å². The summed E-state index contributed by atoms with van der Waals surface area (Å²) in [7, 11) is 1.70. The van der Waals surface area contributed by atoms with Crippen LogP contribution in [0.15, 0.2) is 49.1 Å². The summed E-state index contributed by atoms with van der Waals surface area (Å²) in [6, 6.07) is 5.54. The highest BCUT2D eigenvalue weighted by Crippen LogP contribution is 2.37. The molecule has 3 aliphatic rings. The average molecular weight is 885 g/mol. The van der Waals surface area contributed by atoms with Gasteiger partial charge in [-0.15, -0.1) is 0 Å². The summed E-state index contributed by atoms with van der Waals surface area (Å²) in [5, 5.41) is 11.7. The van der Waals surface area contributed by atoms with Crippen LogP contribution in [0.5, 0.6) is 0 Å².